The van der Waals surface area contributed by atoms with Gasteiger partial charge in [-0.25, -0.2) is 0 Å². The zero-order chi connectivity index (χ0) is 19.0. The van der Waals surface area contributed by atoms with Crippen molar-refractivity contribution in [2.24, 2.45) is 0 Å². The lowest BCUT2D eigenvalue weighted by Crippen LogP contribution is -2.42. The van der Waals surface area contributed by atoms with Crippen LogP contribution in [-0.4, -0.2) is 35.7 Å². The molecule has 5 nitrogen and oxygen atoms in total. The maximum absolute atomic E-state index is 12.9. The van der Waals surface area contributed by atoms with Crippen LogP contribution in [0.2, 0.25) is 0 Å². The molecule has 5 heteroatoms. The Morgan fingerprint density at radius 1 is 0.852 bits per heavy atom. The molecule has 0 fully saturated rings. The third-order valence-electron chi connectivity index (χ3n) is 4.83. The third kappa shape index (κ3) is 2.87. The summed E-state index contributed by atoms with van der Waals surface area (Å²) >= 11 is 0. The predicted molar refractivity (Wildman–Crippen MR) is 104 cm³/mol. The van der Waals surface area contributed by atoms with E-state index in [1.165, 1.54) is 0 Å². The number of rotatable bonds is 4. The normalized spacial score (nSPS) is 13.1. The molecule has 1 aliphatic heterocycles. The van der Waals surface area contributed by atoms with Crippen molar-refractivity contribution in [3.05, 3.63) is 77.9 Å². The highest BCUT2D eigenvalue weighted by atomic mass is 16.2. The summed E-state index contributed by atoms with van der Waals surface area (Å²) in [6.07, 6.45) is 0. The van der Waals surface area contributed by atoms with Gasteiger partial charge in [0.05, 0.1) is 11.1 Å². The van der Waals surface area contributed by atoms with Crippen molar-refractivity contribution in [3.8, 4) is 0 Å². The Hall–Kier alpha value is -3.47. The number of anilines is 1. The molecule has 0 spiro atoms. The first kappa shape index (κ1) is 17.0. The summed E-state index contributed by atoms with van der Waals surface area (Å²) in [6.45, 7) is 2.04. The average Bonchev–Trinajstić information content (AvgIpc) is 2.94. The van der Waals surface area contributed by atoms with E-state index in [0.717, 1.165) is 21.4 Å². The SMILES string of the molecule is CCN(C(=O)CN1C(=O)c2ccccc2C1=O)c1ccc2ccccc2c1. The van der Waals surface area contributed by atoms with E-state index in [1.807, 2.05) is 49.4 Å². The minimum absolute atomic E-state index is 0.271. The van der Waals surface area contributed by atoms with Gasteiger partial charge in [0.25, 0.3) is 11.8 Å². The molecule has 0 N–H and O–H groups in total. The van der Waals surface area contributed by atoms with Crippen LogP contribution in [0, 0.1) is 0 Å². The van der Waals surface area contributed by atoms with Gasteiger partial charge in [-0.3, -0.25) is 19.3 Å². The van der Waals surface area contributed by atoms with Crippen LogP contribution in [0.5, 0.6) is 0 Å². The average molecular weight is 358 g/mol. The molecule has 134 valence electrons. The lowest BCUT2D eigenvalue weighted by Gasteiger charge is -2.24. The zero-order valence-electron chi connectivity index (χ0n) is 14.9. The van der Waals surface area contributed by atoms with Crippen molar-refractivity contribution in [1.82, 2.24) is 4.90 Å². The second-order valence-electron chi connectivity index (χ2n) is 6.41. The summed E-state index contributed by atoms with van der Waals surface area (Å²) in [5.41, 5.74) is 1.45. The summed E-state index contributed by atoms with van der Waals surface area (Å²) in [6, 6.07) is 20.3. The van der Waals surface area contributed by atoms with Crippen LogP contribution in [0.1, 0.15) is 27.6 Å². The molecule has 3 aromatic rings. The topological polar surface area (TPSA) is 57.7 Å². The Bertz CT molecular complexity index is 1040. The molecule has 0 unspecified atom stereocenters. The van der Waals surface area contributed by atoms with Gasteiger partial charge < -0.3 is 4.90 Å². The molecule has 3 amide bonds. The Labute approximate surface area is 156 Å². The monoisotopic (exact) mass is 358 g/mol. The lowest BCUT2D eigenvalue weighted by molar-refractivity contribution is -0.118. The summed E-state index contributed by atoms with van der Waals surface area (Å²) in [7, 11) is 0. The molecule has 0 aromatic heterocycles. The van der Waals surface area contributed by atoms with E-state index in [9.17, 15) is 14.4 Å². The van der Waals surface area contributed by atoms with Gasteiger partial charge in [0.2, 0.25) is 5.91 Å². The first-order chi connectivity index (χ1) is 13.1. The number of nitrogens with zero attached hydrogens (tertiary/aromatic N) is 2. The van der Waals surface area contributed by atoms with E-state index in [0.29, 0.717) is 17.7 Å². The summed E-state index contributed by atoms with van der Waals surface area (Å²) in [4.78, 5) is 40.5. The number of likely N-dealkylation sites (N-methyl/N-ethyl adjacent to an activating group) is 1. The molecule has 0 aliphatic carbocycles. The van der Waals surface area contributed by atoms with Gasteiger partial charge in [-0.2, -0.15) is 0 Å². The fourth-order valence-corrected chi connectivity index (χ4v) is 3.45. The van der Waals surface area contributed by atoms with Gasteiger partial charge in [0.15, 0.2) is 0 Å². The van der Waals surface area contributed by atoms with Crippen LogP contribution in [0.3, 0.4) is 0 Å². The van der Waals surface area contributed by atoms with Crippen molar-refractivity contribution < 1.29 is 14.4 Å². The van der Waals surface area contributed by atoms with Gasteiger partial charge in [0, 0.05) is 12.2 Å². The molecule has 27 heavy (non-hydrogen) atoms. The summed E-state index contributed by atoms with van der Waals surface area (Å²) in [5, 5.41) is 2.12. The van der Waals surface area contributed by atoms with Gasteiger partial charge in [0.1, 0.15) is 6.54 Å². The highest BCUT2D eigenvalue weighted by Crippen LogP contribution is 2.25. The number of imide groups is 1. The number of hydrogen-bond donors (Lipinski definition) is 0. The smallest absolute Gasteiger partial charge is 0.262 e. The fraction of sp³-hybridized carbons (Fsp3) is 0.136. The van der Waals surface area contributed by atoms with Crippen LogP contribution >= 0.6 is 0 Å². The number of amides is 3. The van der Waals surface area contributed by atoms with Crippen molar-refractivity contribution in [3.63, 3.8) is 0 Å². The third-order valence-corrected chi connectivity index (χ3v) is 4.83. The number of fused-ring (bicyclic) bond motifs is 2. The molecule has 3 aromatic carbocycles. The van der Waals surface area contributed by atoms with Gasteiger partial charge in [-0.1, -0.05) is 42.5 Å². The number of benzene rings is 3. The molecule has 1 aliphatic rings. The predicted octanol–water partition coefficient (Wildman–Crippen LogP) is 3.49. The van der Waals surface area contributed by atoms with Gasteiger partial charge in [-0.15, -0.1) is 0 Å². The second-order valence-corrected chi connectivity index (χ2v) is 6.41. The van der Waals surface area contributed by atoms with Gasteiger partial charge in [-0.05, 0) is 42.0 Å². The van der Waals surface area contributed by atoms with Crippen LogP contribution in [-0.2, 0) is 4.79 Å². The van der Waals surface area contributed by atoms with Crippen LogP contribution in [0.25, 0.3) is 10.8 Å². The summed E-state index contributed by atoms with van der Waals surface area (Å²) in [5.74, 6) is -1.13. The highest BCUT2D eigenvalue weighted by Gasteiger charge is 2.37. The first-order valence-electron chi connectivity index (χ1n) is 8.84. The largest absolute Gasteiger partial charge is 0.311 e. The van der Waals surface area contributed by atoms with Crippen molar-refractivity contribution in [2.75, 3.05) is 18.0 Å². The molecule has 0 saturated carbocycles. The number of carbonyl (C=O) groups is 3. The highest BCUT2D eigenvalue weighted by molar-refractivity contribution is 6.22. The van der Waals surface area contributed by atoms with E-state index in [2.05, 4.69) is 0 Å². The quantitative estimate of drug-likeness (QED) is 0.671. The van der Waals surface area contributed by atoms with Crippen molar-refractivity contribution >= 4 is 34.2 Å². The zero-order valence-corrected chi connectivity index (χ0v) is 14.9. The molecule has 0 atom stereocenters. The van der Waals surface area contributed by atoms with Crippen LogP contribution < -0.4 is 4.90 Å². The van der Waals surface area contributed by atoms with E-state index < -0.39 is 11.8 Å². The van der Waals surface area contributed by atoms with Gasteiger partial charge >= 0.3 is 0 Å². The Balaban J connectivity index is 1.59. The van der Waals surface area contributed by atoms with Crippen molar-refractivity contribution in [1.29, 1.82) is 0 Å². The van der Waals surface area contributed by atoms with E-state index in [4.69, 9.17) is 0 Å². The minimum atomic E-state index is -0.418. The Morgan fingerprint density at radius 2 is 1.44 bits per heavy atom. The van der Waals surface area contributed by atoms with Crippen LogP contribution in [0.4, 0.5) is 5.69 Å². The standard InChI is InChI=1S/C22H18N2O3/c1-2-23(17-12-11-15-7-3-4-8-16(15)13-17)20(25)14-24-21(26)18-9-5-6-10-19(18)22(24)27/h3-13H,2,14H2,1H3. The van der Waals surface area contributed by atoms with Crippen molar-refractivity contribution in [2.45, 2.75) is 6.92 Å². The van der Waals surface area contributed by atoms with E-state index in [1.54, 1.807) is 29.2 Å². The molecule has 1 heterocycles. The molecule has 0 bridgehead atoms. The molecule has 0 radical (unpaired) electrons. The van der Waals surface area contributed by atoms with E-state index >= 15 is 0 Å². The van der Waals surface area contributed by atoms with E-state index in [-0.39, 0.29) is 12.5 Å². The second kappa shape index (κ2) is 6.68. The molecular formula is C22H18N2O3. The fourth-order valence-electron chi connectivity index (χ4n) is 3.45. The molecular weight excluding hydrogens is 340 g/mol. The maximum atomic E-state index is 12.9. The first-order valence-corrected chi connectivity index (χ1v) is 8.84. The minimum Gasteiger partial charge on any atom is -0.311 e. The lowest BCUT2D eigenvalue weighted by atomic mass is 10.1. The van der Waals surface area contributed by atoms with Crippen LogP contribution in [0.15, 0.2) is 66.7 Å². The molecule has 0 saturated heterocycles. The maximum Gasteiger partial charge on any atom is 0.262 e. The number of carbonyl (C=O) groups excluding carboxylic acids is 3. The number of hydrogen-bond acceptors (Lipinski definition) is 3. The Kier molecular flexibility index (Phi) is 4.20. The molecule has 4 rings (SSSR count). The Morgan fingerprint density at radius 3 is 2.07 bits per heavy atom. The summed E-state index contributed by atoms with van der Waals surface area (Å²) < 4.78 is 0.